The molecule has 1 aliphatic rings. The van der Waals surface area contributed by atoms with E-state index in [-0.39, 0.29) is 6.09 Å². The minimum absolute atomic E-state index is 0.216. The van der Waals surface area contributed by atoms with Crippen molar-refractivity contribution in [3.63, 3.8) is 0 Å². The molecule has 0 spiro atoms. The number of likely N-dealkylation sites (N-methyl/N-ethyl adjacent to an activating group) is 1. The van der Waals surface area contributed by atoms with Crippen LogP contribution in [0.2, 0.25) is 0 Å². The third-order valence-electron chi connectivity index (χ3n) is 3.06. The molecule has 1 aromatic carbocycles. The third kappa shape index (κ3) is 3.20. The number of carbonyl (C=O) groups excluding carboxylic acids is 1. The molecule has 4 heteroatoms. The van der Waals surface area contributed by atoms with Crippen molar-refractivity contribution in [2.45, 2.75) is 19.1 Å². The molecular weight excluding hydrogens is 216 g/mol. The maximum Gasteiger partial charge on any atom is 0.410 e. The van der Waals surface area contributed by atoms with Crippen molar-refractivity contribution in [3.05, 3.63) is 35.9 Å². The zero-order valence-corrected chi connectivity index (χ0v) is 10.1. The maximum absolute atomic E-state index is 11.8. The largest absolute Gasteiger partial charge is 0.445 e. The van der Waals surface area contributed by atoms with Crippen LogP contribution in [0.15, 0.2) is 30.3 Å². The van der Waals surface area contributed by atoms with E-state index >= 15 is 0 Å². The number of ether oxygens (including phenoxy) is 1. The van der Waals surface area contributed by atoms with E-state index in [0.717, 1.165) is 25.1 Å². The van der Waals surface area contributed by atoms with Crippen LogP contribution in [0.1, 0.15) is 12.0 Å². The van der Waals surface area contributed by atoms with Crippen molar-refractivity contribution in [2.24, 2.45) is 0 Å². The van der Waals surface area contributed by atoms with Crippen LogP contribution in [0.25, 0.3) is 0 Å². The first-order chi connectivity index (χ1) is 8.29. The van der Waals surface area contributed by atoms with Crippen molar-refractivity contribution in [3.8, 4) is 0 Å². The zero-order chi connectivity index (χ0) is 12.1. The lowest BCUT2D eigenvalue weighted by molar-refractivity contribution is 0.103. The predicted octanol–water partition coefficient (Wildman–Crippen LogP) is 1.62. The fourth-order valence-corrected chi connectivity index (χ4v) is 1.97. The van der Waals surface area contributed by atoms with E-state index < -0.39 is 0 Å². The summed E-state index contributed by atoms with van der Waals surface area (Å²) >= 11 is 0. The molecule has 0 aliphatic carbocycles. The van der Waals surface area contributed by atoms with Gasteiger partial charge >= 0.3 is 6.09 Å². The minimum Gasteiger partial charge on any atom is -0.445 e. The number of nitrogens with zero attached hydrogens (tertiary/aromatic N) is 1. The highest BCUT2D eigenvalue weighted by atomic mass is 16.6. The van der Waals surface area contributed by atoms with Crippen LogP contribution in [0.5, 0.6) is 0 Å². The third-order valence-corrected chi connectivity index (χ3v) is 3.06. The molecule has 17 heavy (non-hydrogen) atoms. The number of nitrogens with one attached hydrogen (secondary N) is 1. The van der Waals surface area contributed by atoms with E-state index in [2.05, 4.69) is 5.32 Å². The zero-order valence-electron chi connectivity index (χ0n) is 10.1. The van der Waals surface area contributed by atoms with Crippen molar-refractivity contribution in [2.75, 3.05) is 20.1 Å². The van der Waals surface area contributed by atoms with E-state index in [1.807, 2.05) is 37.4 Å². The molecule has 1 heterocycles. The molecule has 1 atom stereocenters. The normalized spacial score (nSPS) is 19.4. The van der Waals surface area contributed by atoms with Gasteiger partial charge in [-0.15, -0.1) is 0 Å². The van der Waals surface area contributed by atoms with Gasteiger partial charge in [0.2, 0.25) is 0 Å². The molecule has 1 saturated heterocycles. The average molecular weight is 234 g/mol. The molecule has 0 unspecified atom stereocenters. The summed E-state index contributed by atoms with van der Waals surface area (Å²) in [6, 6.07) is 10.1. The van der Waals surface area contributed by atoms with Gasteiger partial charge in [0.15, 0.2) is 0 Å². The van der Waals surface area contributed by atoms with Crippen molar-refractivity contribution in [1.29, 1.82) is 0 Å². The second kappa shape index (κ2) is 5.68. The number of likely N-dealkylation sites (tertiary alicyclic amines) is 1. The summed E-state index contributed by atoms with van der Waals surface area (Å²) in [7, 11) is 1.92. The van der Waals surface area contributed by atoms with E-state index in [1.54, 1.807) is 4.90 Å². The molecule has 1 amide bonds. The summed E-state index contributed by atoms with van der Waals surface area (Å²) in [5, 5.41) is 3.17. The van der Waals surface area contributed by atoms with Crippen LogP contribution < -0.4 is 5.32 Å². The van der Waals surface area contributed by atoms with E-state index in [0.29, 0.717) is 12.6 Å². The first-order valence-corrected chi connectivity index (χ1v) is 5.92. The molecule has 92 valence electrons. The highest BCUT2D eigenvalue weighted by Crippen LogP contribution is 2.11. The Labute approximate surface area is 102 Å². The first-order valence-electron chi connectivity index (χ1n) is 5.92. The smallest absolute Gasteiger partial charge is 0.410 e. The van der Waals surface area contributed by atoms with Crippen LogP contribution in [0.4, 0.5) is 4.79 Å². The van der Waals surface area contributed by atoms with E-state index in [4.69, 9.17) is 4.74 Å². The molecule has 2 rings (SSSR count). The SMILES string of the molecule is CN[C@@H]1CCN(C(=O)OCc2ccccc2)C1. The van der Waals surface area contributed by atoms with Crippen molar-refractivity contribution < 1.29 is 9.53 Å². The molecule has 1 fully saturated rings. The monoisotopic (exact) mass is 234 g/mol. The van der Waals surface area contributed by atoms with Crippen LogP contribution in [0, 0.1) is 0 Å². The highest BCUT2D eigenvalue weighted by molar-refractivity contribution is 5.68. The number of hydrogen-bond acceptors (Lipinski definition) is 3. The summed E-state index contributed by atoms with van der Waals surface area (Å²) in [5.74, 6) is 0. The Morgan fingerprint density at radius 3 is 2.88 bits per heavy atom. The Hall–Kier alpha value is -1.55. The van der Waals surface area contributed by atoms with Gasteiger partial charge in [0.25, 0.3) is 0 Å². The van der Waals surface area contributed by atoms with Crippen molar-refractivity contribution >= 4 is 6.09 Å². The van der Waals surface area contributed by atoms with Crippen LogP contribution in [0.3, 0.4) is 0 Å². The number of benzene rings is 1. The Morgan fingerprint density at radius 2 is 2.24 bits per heavy atom. The number of carbonyl (C=O) groups is 1. The standard InChI is InChI=1S/C13H18N2O2/c1-14-12-7-8-15(9-12)13(16)17-10-11-5-3-2-4-6-11/h2-6,12,14H,7-10H2,1H3/t12-/m1/s1. The van der Waals surface area contributed by atoms with Gasteiger partial charge < -0.3 is 15.0 Å². The lowest BCUT2D eigenvalue weighted by atomic mass is 10.2. The Morgan fingerprint density at radius 1 is 1.47 bits per heavy atom. The van der Waals surface area contributed by atoms with Crippen LogP contribution in [-0.2, 0) is 11.3 Å². The minimum atomic E-state index is -0.216. The van der Waals surface area contributed by atoms with Crippen molar-refractivity contribution in [1.82, 2.24) is 10.2 Å². The average Bonchev–Trinajstić information content (AvgIpc) is 2.86. The molecule has 1 aromatic rings. The Bertz CT molecular complexity index is 367. The quantitative estimate of drug-likeness (QED) is 0.864. The Kier molecular flexibility index (Phi) is 3.98. The lowest BCUT2D eigenvalue weighted by Crippen LogP contribution is -2.33. The first kappa shape index (κ1) is 11.9. The van der Waals surface area contributed by atoms with Crippen LogP contribution in [-0.4, -0.2) is 37.2 Å². The summed E-state index contributed by atoms with van der Waals surface area (Å²) in [6.45, 7) is 1.86. The summed E-state index contributed by atoms with van der Waals surface area (Å²) in [5.41, 5.74) is 1.02. The highest BCUT2D eigenvalue weighted by Gasteiger charge is 2.25. The maximum atomic E-state index is 11.8. The van der Waals surface area contributed by atoms with Gasteiger partial charge in [0.05, 0.1) is 0 Å². The summed E-state index contributed by atoms with van der Waals surface area (Å²) < 4.78 is 5.26. The topological polar surface area (TPSA) is 41.6 Å². The fraction of sp³-hybridized carbons (Fsp3) is 0.462. The molecule has 1 N–H and O–H groups in total. The Balaban J connectivity index is 1.78. The predicted molar refractivity (Wildman–Crippen MR) is 65.7 cm³/mol. The van der Waals surface area contributed by atoms with Crippen LogP contribution >= 0.6 is 0 Å². The summed E-state index contributed by atoms with van der Waals surface area (Å²) in [4.78, 5) is 13.5. The van der Waals surface area contributed by atoms with Gasteiger partial charge in [-0.2, -0.15) is 0 Å². The van der Waals surface area contributed by atoms with Gasteiger partial charge in [-0.05, 0) is 19.0 Å². The number of amides is 1. The van der Waals surface area contributed by atoms with Gasteiger partial charge in [-0.3, -0.25) is 0 Å². The van der Waals surface area contributed by atoms with Gasteiger partial charge in [-0.1, -0.05) is 30.3 Å². The molecular formula is C13H18N2O2. The second-order valence-electron chi connectivity index (χ2n) is 4.26. The van der Waals surface area contributed by atoms with E-state index in [1.165, 1.54) is 0 Å². The van der Waals surface area contributed by atoms with Gasteiger partial charge in [0, 0.05) is 19.1 Å². The molecule has 0 saturated carbocycles. The molecule has 0 radical (unpaired) electrons. The lowest BCUT2D eigenvalue weighted by Gasteiger charge is -2.16. The van der Waals surface area contributed by atoms with Gasteiger partial charge in [0.1, 0.15) is 6.61 Å². The molecule has 4 nitrogen and oxygen atoms in total. The molecule has 0 aromatic heterocycles. The molecule has 0 bridgehead atoms. The summed E-state index contributed by atoms with van der Waals surface area (Å²) in [6.07, 6.45) is 0.781. The number of hydrogen-bond donors (Lipinski definition) is 1. The molecule has 1 aliphatic heterocycles. The van der Waals surface area contributed by atoms with Gasteiger partial charge in [-0.25, -0.2) is 4.79 Å². The fourth-order valence-electron chi connectivity index (χ4n) is 1.97. The second-order valence-corrected chi connectivity index (χ2v) is 4.26. The number of rotatable bonds is 3. The van der Waals surface area contributed by atoms with E-state index in [9.17, 15) is 4.79 Å².